The van der Waals surface area contributed by atoms with E-state index in [1.807, 2.05) is 58.0 Å². The molecule has 5 heteroatoms. The highest BCUT2D eigenvalue weighted by molar-refractivity contribution is 5.76. The maximum atomic E-state index is 12.3. The third-order valence-corrected chi connectivity index (χ3v) is 4.67. The minimum absolute atomic E-state index is 0.0612. The highest BCUT2D eigenvalue weighted by Gasteiger charge is 2.39. The Balaban J connectivity index is 2.02. The molecule has 1 fully saturated rings. The molecule has 0 spiro atoms. The van der Waals surface area contributed by atoms with Crippen LogP contribution in [0.4, 0.5) is 0 Å². The molecule has 5 nitrogen and oxygen atoms in total. The van der Waals surface area contributed by atoms with Gasteiger partial charge < -0.3 is 15.2 Å². The van der Waals surface area contributed by atoms with Gasteiger partial charge in [-0.2, -0.15) is 0 Å². The van der Waals surface area contributed by atoms with Crippen LogP contribution in [0.2, 0.25) is 0 Å². The number of hydrogen-bond donors (Lipinski definition) is 2. The number of nitrogens with one attached hydrogen (secondary N) is 1. The molecule has 1 aromatic rings. The second-order valence-corrected chi connectivity index (χ2v) is 7.89. The molecule has 0 saturated heterocycles. The van der Waals surface area contributed by atoms with Crippen molar-refractivity contribution in [3.63, 3.8) is 0 Å². The van der Waals surface area contributed by atoms with E-state index in [4.69, 9.17) is 4.74 Å². The van der Waals surface area contributed by atoms with E-state index >= 15 is 0 Å². The molecular formula is C20H29NO4. The fraction of sp³-hybridized carbons (Fsp3) is 0.600. The maximum Gasteiger partial charge on any atom is 0.309 e. The summed E-state index contributed by atoms with van der Waals surface area (Å²) in [6.07, 6.45) is 1.62. The Morgan fingerprint density at radius 2 is 1.84 bits per heavy atom. The van der Waals surface area contributed by atoms with E-state index in [-0.39, 0.29) is 24.0 Å². The standard InChI is InChI=1S/C20H29NO4/c1-13(14-8-6-5-7-9-14)21-17-11-10-15(12-16(17)18(22)23)19(24)25-20(2,3)4/h5-9,13,15-17,21H,10-12H2,1-4H3,(H,22,23)/t13-,15?,16?,17?/m0/s1. The van der Waals surface area contributed by atoms with Crippen LogP contribution in [0.25, 0.3) is 0 Å². The van der Waals surface area contributed by atoms with Crippen molar-refractivity contribution in [2.45, 2.75) is 64.6 Å². The molecule has 1 saturated carbocycles. The van der Waals surface area contributed by atoms with Gasteiger partial charge in [-0.3, -0.25) is 9.59 Å². The molecule has 1 aliphatic carbocycles. The van der Waals surface area contributed by atoms with E-state index < -0.39 is 17.5 Å². The van der Waals surface area contributed by atoms with Gasteiger partial charge in [-0.15, -0.1) is 0 Å². The quantitative estimate of drug-likeness (QED) is 0.797. The second kappa shape index (κ2) is 8.00. The van der Waals surface area contributed by atoms with E-state index in [1.54, 1.807) is 0 Å². The Bertz CT molecular complexity index is 593. The van der Waals surface area contributed by atoms with Crippen LogP contribution in [0.3, 0.4) is 0 Å². The van der Waals surface area contributed by atoms with E-state index in [1.165, 1.54) is 0 Å². The molecule has 25 heavy (non-hydrogen) atoms. The van der Waals surface area contributed by atoms with Crippen molar-refractivity contribution in [2.24, 2.45) is 11.8 Å². The van der Waals surface area contributed by atoms with E-state index in [0.717, 1.165) is 5.56 Å². The van der Waals surface area contributed by atoms with Crippen molar-refractivity contribution in [1.29, 1.82) is 0 Å². The molecule has 2 rings (SSSR count). The first-order chi connectivity index (χ1) is 11.7. The fourth-order valence-corrected chi connectivity index (χ4v) is 3.40. The molecule has 0 radical (unpaired) electrons. The Morgan fingerprint density at radius 3 is 2.40 bits per heavy atom. The lowest BCUT2D eigenvalue weighted by Crippen LogP contribution is -2.46. The van der Waals surface area contributed by atoms with Gasteiger partial charge in [0.05, 0.1) is 11.8 Å². The summed E-state index contributed by atoms with van der Waals surface area (Å²) < 4.78 is 5.44. The third kappa shape index (κ3) is 5.56. The number of ether oxygens (including phenoxy) is 1. The topological polar surface area (TPSA) is 75.6 Å². The lowest BCUT2D eigenvalue weighted by atomic mass is 9.77. The molecule has 0 amide bonds. The second-order valence-electron chi connectivity index (χ2n) is 7.89. The van der Waals surface area contributed by atoms with Crippen LogP contribution in [-0.4, -0.2) is 28.7 Å². The Morgan fingerprint density at radius 1 is 1.20 bits per heavy atom. The van der Waals surface area contributed by atoms with E-state index in [2.05, 4.69) is 5.32 Å². The van der Waals surface area contributed by atoms with Gasteiger partial charge in [-0.25, -0.2) is 0 Å². The van der Waals surface area contributed by atoms with Crippen molar-refractivity contribution in [3.8, 4) is 0 Å². The summed E-state index contributed by atoms with van der Waals surface area (Å²) in [5.74, 6) is -2.07. The van der Waals surface area contributed by atoms with Crippen molar-refractivity contribution in [1.82, 2.24) is 5.32 Å². The number of hydrogen-bond acceptors (Lipinski definition) is 4. The largest absolute Gasteiger partial charge is 0.481 e. The minimum atomic E-state index is -0.856. The number of benzene rings is 1. The molecule has 0 aliphatic heterocycles. The van der Waals surface area contributed by atoms with Crippen LogP contribution in [0.15, 0.2) is 30.3 Å². The third-order valence-electron chi connectivity index (χ3n) is 4.67. The van der Waals surface area contributed by atoms with Crippen molar-refractivity contribution < 1.29 is 19.4 Å². The van der Waals surface area contributed by atoms with Crippen LogP contribution in [0, 0.1) is 11.8 Å². The van der Waals surface area contributed by atoms with Gasteiger partial charge >= 0.3 is 11.9 Å². The first kappa shape index (κ1) is 19.4. The monoisotopic (exact) mass is 347 g/mol. The minimum Gasteiger partial charge on any atom is -0.481 e. The van der Waals surface area contributed by atoms with Crippen LogP contribution >= 0.6 is 0 Å². The van der Waals surface area contributed by atoms with E-state index in [0.29, 0.717) is 19.3 Å². The van der Waals surface area contributed by atoms with Crippen LogP contribution in [0.1, 0.15) is 58.6 Å². The molecular weight excluding hydrogens is 318 g/mol. The lowest BCUT2D eigenvalue weighted by Gasteiger charge is -2.36. The number of carbonyl (C=O) groups is 2. The first-order valence-electron chi connectivity index (χ1n) is 8.94. The van der Waals surface area contributed by atoms with Crippen LogP contribution in [0.5, 0.6) is 0 Å². The number of rotatable bonds is 5. The van der Waals surface area contributed by atoms with Gasteiger partial charge in [0, 0.05) is 12.1 Å². The fourth-order valence-electron chi connectivity index (χ4n) is 3.40. The lowest BCUT2D eigenvalue weighted by molar-refractivity contribution is -0.163. The highest BCUT2D eigenvalue weighted by atomic mass is 16.6. The summed E-state index contributed by atoms with van der Waals surface area (Å²) in [6.45, 7) is 7.52. The van der Waals surface area contributed by atoms with Crippen LogP contribution < -0.4 is 5.32 Å². The number of aliphatic carboxylic acids is 1. The normalized spacial score (nSPS) is 25.2. The Labute approximate surface area is 149 Å². The summed E-state index contributed by atoms with van der Waals surface area (Å²) in [5.41, 5.74) is 0.577. The maximum absolute atomic E-state index is 12.3. The van der Waals surface area contributed by atoms with Gasteiger partial charge in [-0.1, -0.05) is 30.3 Å². The average molecular weight is 347 g/mol. The number of esters is 1. The molecule has 0 heterocycles. The molecule has 138 valence electrons. The molecule has 4 atom stereocenters. The average Bonchev–Trinajstić information content (AvgIpc) is 2.54. The van der Waals surface area contributed by atoms with Gasteiger partial charge in [0.15, 0.2) is 0 Å². The summed E-state index contributed by atoms with van der Waals surface area (Å²) in [7, 11) is 0. The highest BCUT2D eigenvalue weighted by Crippen LogP contribution is 2.33. The molecule has 0 bridgehead atoms. The summed E-state index contributed by atoms with van der Waals surface area (Å²) >= 11 is 0. The molecule has 2 N–H and O–H groups in total. The first-order valence-corrected chi connectivity index (χ1v) is 8.94. The SMILES string of the molecule is C[C@H](NC1CCC(C(=O)OC(C)(C)C)CC1C(=O)O)c1ccccc1. The summed E-state index contributed by atoms with van der Waals surface area (Å²) in [4.78, 5) is 24.0. The smallest absolute Gasteiger partial charge is 0.309 e. The van der Waals surface area contributed by atoms with Crippen LogP contribution in [-0.2, 0) is 14.3 Å². The van der Waals surface area contributed by atoms with Gasteiger partial charge in [0.1, 0.15) is 5.60 Å². The van der Waals surface area contributed by atoms with Crippen molar-refractivity contribution in [3.05, 3.63) is 35.9 Å². The zero-order chi connectivity index (χ0) is 18.6. The summed E-state index contributed by atoms with van der Waals surface area (Å²) in [6, 6.07) is 9.88. The molecule has 1 aromatic carbocycles. The Hall–Kier alpha value is -1.88. The predicted molar refractivity (Wildman–Crippen MR) is 96.1 cm³/mol. The number of carbonyl (C=O) groups excluding carboxylic acids is 1. The Kier molecular flexibility index (Phi) is 6.22. The molecule has 3 unspecified atom stereocenters. The van der Waals surface area contributed by atoms with Crippen molar-refractivity contribution >= 4 is 11.9 Å². The summed E-state index contributed by atoms with van der Waals surface area (Å²) in [5, 5.41) is 13.1. The zero-order valence-corrected chi connectivity index (χ0v) is 15.5. The number of carboxylic acid groups (broad SMARTS) is 1. The van der Waals surface area contributed by atoms with E-state index in [9.17, 15) is 14.7 Å². The van der Waals surface area contributed by atoms with Crippen molar-refractivity contribution in [2.75, 3.05) is 0 Å². The van der Waals surface area contributed by atoms with Gasteiger partial charge in [0.25, 0.3) is 0 Å². The van der Waals surface area contributed by atoms with Gasteiger partial charge in [-0.05, 0) is 52.5 Å². The van der Waals surface area contributed by atoms with Gasteiger partial charge in [0.2, 0.25) is 0 Å². The molecule has 1 aliphatic rings. The number of carboxylic acids is 1. The zero-order valence-electron chi connectivity index (χ0n) is 15.5. The molecule has 0 aromatic heterocycles. The predicted octanol–water partition coefficient (Wildman–Crippen LogP) is 3.55.